The Hall–Kier alpha value is -5.92. The highest BCUT2D eigenvalue weighted by molar-refractivity contribution is 6.24. The molecule has 1 heteroatoms. The SMILES string of the molecule is [2H]c1cc([2H])c(-c2ccccc2)c(-c2c3cc([2H])c([2H])c([2H])c3c(-c3cc4c(cc3-c3c([2H])c([2H])c([2H])c([2H])c3[2H])oc3ccccc34)c3c([2H])c([2H])c([2H])c([2H])c23)c1[2H]. The average Bonchev–Trinajstić information content (AvgIpc) is 3.60. The van der Waals surface area contributed by atoms with Crippen LogP contribution in [0.15, 0.2) is 174 Å². The molecule has 0 fully saturated rings. The molecule has 0 aliphatic rings. The predicted octanol–water partition coefficient (Wildman–Crippen LogP) is 12.6. The molecule has 0 N–H and O–H groups in total. The molecule has 0 atom stereocenters. The van der Waals surface area contributed by atoms with Gasteiger partial charge in [-0.2, -0.15) is 0 Å². The van der Waals surface area contributed by atoms with Crippen LogP contribution in [0.4, 0.5) is 0 Å². The summed E-state index contributed by atoms with van der Waals surface area (Å²) in [5, 5.41) is 0.613. The molecule has 9 aromatic rings. The maximum atomic E-state index is 9.56. The van der Waals surface area contributed by atoms with E-state index in [1.54, 1.807) is 60.7 Å². The van der Waals surface area contributed by atoms with E-state index in [2.05, 4.69) is 0 Å². The number of hydrogen-bond donors (Lipinski definition) is 0. The molecule has 0 bridgehead atoms. The molecule has 0 spiro atoms. The van der Waals surface area contributed by atoms with E-state index in [1.165, 1.54) is 18.2 Å². The Kier molecular flexibility index (Phi) is 3.39. The van der Waals surface area contributed by atoms with Gasteiger partial charge in [0, 0.05) is 10.8 Å². The maximum absolute atomic E-state index is 9.56. The van der Waals surface area contributed by atoms with Gasteiger partial charge in [0.25, 0.3) is 0 Å². The van der Waals surface area contributed by atoms with Crippen LogP contribution in [0, 0.1) is 0 Å². The van der Waals surface area contributed by atoms with Gasteiger partial charge in [-0.1, -0.05) is 151 Å². The van der Waals surface area contributed by atoms with E-state index in [4.69, 9.17) is 19.5 Å². The molecule has 1 heterocycles. The highest BCUT2D eigenvalue weighted by Gasteiger charge is 2.22. The third-order valence-electron chi connectivity index (χ3n) is 8.06. The molecule has 9 rings (SSSR count). The molecular weight excluding hydrogens is 544 g/mol. The Labute approximate surface area is 282 Å². The van der Waals surface area contributed by atoms with Gasteiger partial charge in [0.05, 0.1) is 20.6 Å². The third kappa shape index (κ3) is 4.09. The summed E-state index contributed by atoms with van der Waals surface area (Å²) in [6.07, 6.45) is 0. The summed E-state index contributed by atoms with van der Waals surface area (Å²) in [5.41, 5.74) is 0.915. The minimum absolute atomic E-state index is 0.00467. The molecule has 0 unspecified atom stereocenters. The van der Waals surface area contributed by atoms with Crippen LogP contribution in [0.1, 0.15) is 20.6 Å². The van der Waals surface area contributed by atoms with Crippen molar-refractivity contribution in [2.75, 3.05) is 0 Å². The van der Waals surface area contributed by atoms with Crippen molar-refractivity contribution in [2.45, 2.75) is 0 Å². The standard InChI is InChI=1S/C44H28O/c1-3-15-29(16-4-1)31-19-7-8-21-33(31)43-34-22-9-11-24-36(34)44(37-25-12-10-23-35(37)43)40-27-39-32-20-13-14-26-41(32)45-42(39)28-38(40)30-17-5-2-6-18-30/h1-28H/i2D,5D,6D,8D,9D,10D,11D,12D,17D,18D,19D,21D,22D,24D,25D. The van der Waals surface area contributed by atoms with Crippen molar-refractivity contribution in [2.24, 2.45) is 0 Å². The van der Waals surface area contributed by atoms with E-state index in [9.17, 15) is 5.48 Å². The summed E-state index contributed by atoms with van der Waals surface area (Å²) in [7, 11) is 0. The van der Waals surface area contributed by atoms with Crippen LogP contribution in [0.5, 0.6) is 0 Å². The smallest absolute Gasteiger partial charge is 0.136 e. The first-order valence-electron chi connectivity index (χ1n) is 21.7. The van der Waals surface area contributed by atoms with E-state index in [1.807, 2.05) is 0 Å². The number of para-hydroxylation sites is 1. The van der Waals surface area contributed by atoms with E-state index in [0.29, 0.717) is 21.9 Å². The molecule has 0 saturated heterocycles. The summed E-state index contributed by atoms with van der Waals surface area (Å²) in [5.74, 6) is 0. The Morgan fingerprint density at radius 2 is 1.04 bits per heavy atom. The number of fused-ring (bicyclic) bond motifs is 5. The molecule has 1 nitrogen and oxygen atoms in total. The van der Waals surface area contributed by atoms with Gasteiger partial charge in [0.2, 0.25) is 0 Å². The van der Waals surface area contributed by atoms with E-state index < -0.39 is 78.6 Å². The molecule has 0 aliphatic carbocycles. The second-order valence-corrected chi connectivity index (χ2v) is 10.5. The predicted molar refractivity (Wildman–Crippen MR) is 190 cm³/mol. The molecule has 210 valence electrons. The molecule has 0 saturated carbocycles. The summed E-state index contributed by atoms with van der Waals surface area (Å²) >= 11 is 0. The van der Waals surface area contributed by atoms with Gasteiger partial charge >= 0.3 is 0 Å². The first-order valence-corrected chi connectivity index (χ1v) is 14.2. The highest BCUT2D eigenvalue weighted by Crippen LogP contribution is 2.49. The van der Waals surface area contributed by atoms with Crippen LogP contribution in [-0.2, 0) is 0 Å². The van der Waals surface area contributed by atoms with E-state index in [0.717, 1.165) is 0 Å². The molecule has 45 heavy (non-hydrogen) atoms. The molecule has 8 aromatic carbocycles. The second-order valence-electron chi connectivity index (χ2n) is 10.5. The minimum atomic E-state index is -0.669. The van der Waals surface area contributed by atoms with Crippen molar-refractivity contribution in [3.63, 3.8) is 0 Å². The van der Waals surface area contributed by atoms with Gasteiger partial charge in [-0.25, -0.2) is 0 Å². The Morgan fingerprint density at radius 1 is 0.356 bits per heavy atom. The van der Waals surface area contributed by atoms with Crippen molar-refractivity contribution in [1.29, 1.82) is 0 Å². The van der Waals surface area contributed by atoms with Crippen molar-refractivity contribution in [1.82, 2.24) is 0 Å². The van der Waals surface area contributed by atoms with Crippen LogP contribution in [0.25, 0.3) is 88.0 Å². The van der Waals surface area contributed by atoms with Gasteiger partial charge in [-0.15, -0.1) is 0 Å². The number of furan rings is 1. The maximum Gasteiger partial charge on any atom is 0.136 e. The quantitative estimate of drug-likeness (QED) is 0.187. The van der Waals surface area contributed by atoms with Gasteiger partial charge in [-0.3, -0.25) is 0 Å². The highest BCUT2D eigenvalue weighted by atomic mass is 16.3. The molecular formula is C44H28O. The lowest BCUT2D eigenvalue weighted by atomic mass is 9.82. The minimum Gasteiger partial charge on any atom is -0.456 e. The number of hydrogen-bond acceptors (Lipinski definition) is 1. The normalized spacial score (nSPS) is 16.2. The van der Waals surface area contributed by atoms with Crippen molar-refractivity contribution in [3.05, 3.63) is 169 Å². The van der Waals surface area contributed by atoms with Crippen molar-refractivity contribution in [3.8, 4) is 44.5 Å². The molecule has 0 aliphatic heterocycles. The zero-order chi connectivity index (χ0) is 42.8. The molecule has 0 radical (unpaired) electrons. The Bertz CT molecular complexity index is 3350. The first kappa shape index (κ1) is 14.7. The lowest BCUT2D eigenvalue weighted by Gasteiger charge is -2.21. The summed E-state index contributed by atoms with van der Waals surface area (Å²) in [4.78, 5) is 0. The number of rotatable bonds is 4. The molecule has 1 aromatic heterocycles. The zero-order valence-electron chi connectivity index (χ0n) is 38.4. The van der Waals surface area contributed by atoms with Gasteiger partial charge in [0.1, 0.15) is 11.2 Å². The largest absolute Gasteiger partial charge is 0.456 e. The monoisotopic (exact) mass is 587 g/mol. The van der Waals surface area contributed by atoms with Crippen LogP contribution >= 0.6 is 0 Å². The van der Waals surface area contributed by atoms with Crippen molar-refractivity contribution >= 4 is 43.5 Å². The molecule has 0 amide bonds. The fraction of sp³-hybridized carbons (Fsp3) is 0. The van der Waals surface area contributed by atoms with Crippen LogP contribution in [-0.4, -0.2) is 0 Å². The summed E-state index contributed by atoms with van der Waals surface area (Å²) in [6, 6.07) is 13.2. The Balaban J connectivity index is 1.63. The lowest BCUT2D eigenvalue weighted by molar-refractivity contribution is 0.669. The van der Waals surface area contributed by atoms with Crippen LogP contribution in [0.2, 0.25) is 0 Å². The number of benzene rings is 8. The summed E-state index contributed by atoms with van der Waals surface area (Å²) in [6.45, 7) is 0. The van der Waals surface area contributed by atoms with Crippen LogP contribution < -0.4 is 0 Å². The van der Waals surface area contributed by atoms with E-state index in [-0.39, 0.29) is 78.2 Å². The average molecular weight is 588 g/mol. The summed E-state index contributed by atoms with van der Waals surface area (Å²) < 4.78 is 141. The van der Waals surface area contributed by atoms with Crippen LogP contribution in [0.3, 0.4) is 0 Å². The van der Waals surface area contributed by atoms with Crippen molar-refractivity contribution < 1.29 is 25.0 Å². The second kappa shape index (κ2) is 10.4. The third-order valence-corrected chi connectivity index (χ3v) is 8.06. The fourth-order valence-corrected chi connectivity index (χ4v) is 6.16. The Morgan fingerprint density at radius 3 is 1.87 bits per heavy atom. The topological polar surface area (TPSA) is 13.1 Å². The van der Waals surface area contributed by atoms with Gasteiger partial charge < -0.3 is 4.42 Å². The fourth-order valence-electron chi connectivity index (χ4n) is 6.16. The van der Waals surface area contributed by atoms with Gasteiger partial charge in [-0.05, 0) is 84.3 Å². The lowest BCUT2D eigenvalue weighted by Crippen LogP contribution is -1.94. The van der Waals surface area contributed by atoms with E-state index >= 15 is 0 Å². The first-order chi connectivity index (χ1) is 28.5. The van der Waals surface area contributed by atoms with Gasteiger partial charge in [0.15, 0.2) is 0 Å². The zero-order valence-corrected chi connectivity index (χ0v) is 23.4.